The second-order valence-electron chi connectivity index (χ2n) is 6.32. The van der Waals surface area contributed by atoms with E-state index in [0.717, 1.165) is 5.39 Å². The summed E-state index contributed by atoms with van der Waals surface area (Å²) in [5.41, 5.74) is 0.593. The number of amides is 1. The highest BCUT2D eigenvalue weighted by atomic mass is 16.2. The van der Waals surface area contributed by atoms with Gasteiger partial charge in [0.2, 0.25) is 5.56 Å². The van der Waals surface area contributed by atoms with Crippen LogP contribution in [0.5, 0.6) is 0 Å². The number of aromatic amines is 1. The summed E-state index contributed by atoms with van der Waals surface area (Å²) in [6.45, 7) is 4.32. The van der Waals surface area contributed by atoms with E-state index in [1.54, 1.807) is 18.3 Å². The summed E-state index contributed by atoms with van der Waals surface area (Å²) in [5.74, 6) is -0.284. The van der Waals surface area contributed by atoms with Gasteiger partial charge in [-0.1, -0.05) is 32.0 Å². The van der Waals surface area contributed by atoms with Gasteiger partial charge in [0.15, 0.2) is 0 Å². The average Bonchev–Trinajstić information content (AvgIpc) is 2.63. The number of benzene rings is 1. The molecule has 3 aromatic rings. The van der Waals surface area contributed by atoms with Gasteiger partial charge in [0, 0.05) is 23.7 Å². The molecule has 0 radical (unpaired) electrons. The Balaban J connectivity index is 1.73. The number of carbonyl (C=O) groups excluding carboxylic acids is 1. The van der Waals surface area contributed by atoms with Crippen LogP contribution in [-0.4, -0.2) is 27.2 Å². The smallest absolute Gasteiger partial charge is 0.274 e. The number of nitrogens with zero attached hydrogens (tertiary/aromatic N) is 2. The highest BCUT2D eigenvalue weighted by Crippen LogP contribution is 2.14. The zero-order valence-corrected chi connectivity index (χ0v) is 14.7. The molecule has 26 heavy (non-hydrogen) atoms. The van der Waals surface area contributed by atoms with Crippen molar-refractivity contribution in [2.24, 2.45) is 0 Å². The fourth-order valence-electron chi connectivity index (χ4n) is 2.80. The molecule has 0 aliphatic rings. The molecular formula is C19H20N4O3. The van der Waals surface area contributed by atoms with E-state index in [1.807, 2.05) is 26.0 Å². The summed E-state index contributed by atoms with van der Waals surface area (Å²) in [7, 11) is 0. The first-order chi connectivity index (χ1) is 12.5. The van der Waals surface area contributed by atoms with Gasteiger partial charge in [-0.25, -0.2) is 4.68 Å². The average molecular weight is 352 g/mol. The third-order valence-corrected chi connectivity index (χ3v) is 4.14. The number of carbonyl (C=O) groups is 1. The lowest BCUT2D eigenvalue weighted by atomic mass is 10.0. The van der Waals surface area contributed by atoms with E-state index in [9.17, 15) is 14.4 Å². The molecule has 7 nitrogen and oxygen atoms in total. The summed E-state index contributed by atoms with van der Waals surface area (Å²) in [6.07, 6.45) is 1.64. The molecule has 0 aliphatic carbocycles. The van der Waals surface area contributed by atoms with E-state index in [1.165, 1.54) is 16.8 Å². The van der Waals surface area contributed by atoms with Crippen molar-refractivity contribution in [1.82, 2.24) is 20.1 Å². The van der Waals surface area contributed by atoms with Gasteiger partial charge >= 0.3 is 0 Å². The zero-order valence-electron chi connectivity index (χ0n) is 14.7. The molecule has 0 unspecified atom stereocenters. The molecule has 7 heteroatoms. The van der Waals surface area contributed by atoms with E-state index in [4.69, 9.17) is 0 Å². The Morgan fingerprint density at radius 2 is 1.96 bits per heavy atom. The predicted octanol–water partition coefficient (Wildman–Crippen LogP) is 1.64. The molecule has 1 aromatic carbocycles. The third-order valence-electron chi connectivity index (χ3n) is 4.14. The molecule has 2 aromatic heterocycles. The number of hydrogen-bond acceptors (Lipinski definition) is 4. The van der Waals surface area contributed by atoms with Crippen molar-refractivity contribution in [2.75, 3.05) is 6.54 Å². The van der Waals surface area contributed by atoms with Crippen LogP contribution < -0.4 is 16.4 Å². The summed E-state index contributed by atoms with van der Waals surface area (Å²) in [5, 5.41) is 8.29. The summed E-state index contributed by atoms with van der Waals surface area (Å²) in [4.78, 5) is 39.0. The van der Waals surface area contributed by atoms with Gasteiger partial charge in [0.05, 0.1) is 23.7 Å². The van der Waals surface area contributed by atoms with Crippen LogP contribution in [0.4, 0.5) is 0 Å². The largest absolute Gasteiger partial charge is 0.350 e. The van der Waals surface area contributed by atoms with Gasteiger partial charge in [0.25, 0.3) is 11.5 Å². The molecule has 0 saturated carbocycles. The second-order valence-corrected chi connectivity index (χ2v) is 6.32. The van der Waals surface area contributed by atoms with Crippen LogP contribution in [0.2, 0.25) is 0 Å². The minimum absolute atomic E-state index is 0.00873. The first-order valence-electron chi connectivity index (χ1n) is 8.43. The quantitative estimate of drug-likeness (QED) is 0.729. The van der Waals surface area contributed by atoms with Crippen molar-refractivity contribution in [3.05, 3.63) is 74.6 Å². The molecule has 0 bridgehead atoms. The molecule has 0 saturated heterocycles. The van der Waals surface area contributed by atoms with Gasteiger partial charge in [0.1, 0.15) is 0 Å². The molecule has 2 heterocycles. The number of pyridine rings is 1. The number of fused-ring (bicyclic) bond motifs is 1. The van der Waals surface area contributed by atoms with Crippen LogP contribution >= 0.6 is 0 Å². The molecule has 0 atom stereocenters. The lowest BCUT2D eigenvalue weighted by molar-refractivity contribution is 0.0950. The topological polar surface area (TPSA) is 96.8 Å². The highest BCUT2D eigenvalue weighted by Gasteiger charge is 2.14. The van der Waals surface area contributed by atoms with E-state index < -0.39 is 0 Å². The van der Waals surface area contributed by atoms with Gasteiger partial charge < -0.3 is 10.3 Å². The predicted molar refractivity (Wildman–Crippen MR) is 99.5 cm³/mol. The Kier molecular flexibility index (Phi) is 4.97. The van der Waals surface area contributed by atoms with Crippen LogP contribution in [0.25, 0.3) is 10.8 Å². The molecule has 0 spiro atoms. The number of rotatable bonds is 5. The third kappa shape index (κ3) is 3.56. The maximum absolute atomic E-state index is 12.4. The molecule has 0 aliphatic heterocycles. The van der Waals surface area contributed by atoms with Crippen molar-refractivity contribution < 1.29 is 4.79 Å². The fourth-order valence-corrected chi connectivity index (χ4v) is 2.80. The lowest BCUT2D eigenvalue weighted by Crippen LogP contribution is -2.33. The Hall–Kier alpha value is -3.22. The number of aromatic nitrogens is 3. The van der Waals surface area contributed by atoms with Gasteiger partial charge in [-0.05, 0) is 18.1 Å². The van der Waals surface area contributed by atoms with E-state index in [-0.39, 0.29) is 36.0 Å². The first kappa shape index (κ1) is 17.6. The van der Waals surface area contributed by atoms with E-state index in [0.29, 0.717) is 16.6 Å². The Labute approximate surface area is 149 Å². The minimum atomic E-state index is -0.293. The maximum Gasteiger partial charge on any atom is 0.274 e. The van der Waals surface area contributed by atoms with Crippen LogP contribution in [0.15, 0.2) is 52.2 Å². The maximum atomic E-state index is 12.4. The van der Waals surface area contributed by atoms with Crippen LogP contribution in [0.3, 0.4) is 0 Å². The van der Waals surface area contributed by atoms with Crippen LogP contribution in [0, 0.1) is 0 Å². The number of hydrogen-bond donors (Lipinski definition) is 2. The second kappa shape index (κ2) is 7.35. The van der Waals surface area contributed by atoms with Gasteiger partial charge in [-0.2, -0.15) is 5.10 Å². The minimum Gasteiger partial charge on any atom is -0.350 e. The standard InChI is InChI=1S/C19H20N4O3/c1-12(2)17-15(7-8-16(24)22-17)18(25)20-9-10-23-19(26)14-6-4-3-5-13(14)11-21-23/h3-8,11-12H,9-10H2,1-2H3,(H,20,25)(H,22,24). The molecule has 2 N–H and O–H groups in total. The normalized spacial score (nSPS) is 11.0. The van der Waals surface area contributed by atoms with E-state index in [2.05, 4.69) is 15.4 Å². The van der Waals surface area contributed by atoms with Crippen molar-refractivity contribution in [2.45, 2.75) is 26.3 Å². The van der Waals surface area contributed by atoms with Crippen molar-refractivity contribution in [3.8, 4) is 0 Å². The number of H-pyrrole nitrogens is 1. The number of nitrogens with one attached hydrogen (secondary N) is 2. The van der Waals surface area contributed by atoms with Gasteiger partial charge in [-0.3, -0.25) is 14.4 Å². The Morgan fingerprint density at radius 3 is 2.73 bits per heavy atom. The molecular weight excluding hydrogens is 332 g/mol. The summed E-state index contributed by atoms with van der Waals surface area (Å²) in [6, 6.07) is 10.1. The van der Waals surface area contributed by atoms with Gasteiger partial charge in [-0.15, -0.1) is 0 Å². The van der Waals surface area contributed by atoms with Crippen LogP contribution in [0.1, 0.15) is 35.8 Å². The molecule has 3 rings (SSSR count). The monoisotopic (exact) mass is 352 g/mol. The Morgan fingerprint density at radius 1 is 1.19 bits per heavy atom. The summed E-state index contributed by atoms with van der Waals surface area (Å²) >= 11 is 0. The fraction of sp³-hybridized carbons (Fsp3) is 0.263. The van der Waals surface area contributed by atoms with Crippen molar-refractivity contribution >= 4 is 16.7 Å². The van der Waals surface area contributed by atoms with Crippen molar-refractivity contribution in [3.63, 3.8) is 0 Å². The lowest BCUT2D eigenvalue weighted by Gasteiger charge is -2.12. The zero-order chi connectivity index (χ0) is 18.7. The summed E-state index contributed by atoms with van der Waals surface area (Å²) < 4.78 is 1.33. The highest BCUT2D eigenvalue weighted by molar-refractivity contribution is 5.95. The first-order valence-corrected chi connectivity index (χ1v) is 8.43. The van der Waals surface area contributed by atoms with E-state index >= 15 is 0 Å². The molecule has 0 fully saturated rings. The Bertz CT molecular complexity index is 1070. The SMILES string of the molecule is CC(C)c1[nH]c(=O)ccc1C(=O)NCCn1ncc2ccccc2c1=O. The van der Waals surface area contributed by atoms with Crippen LogP contribution in [-0.2, 0) is 6.54 Å². The molecule has 134 valence electrons. The molecule has 1 amide bonds. The van der Waals surface area contributed by atoms with Crippen molar-refractivity contribution in [1.29, 1.82) is 0 Å².